The van der Waals surface area contributed by atoms with Crippen LogP contribution >= 0.6 is 23.2 Å². The van der Waals surface area contributed by atoms with Gasteiger partial charge in [-0.3, -0.25) is 0 Å². The Morgan fingerprint density at radius 2 is 1.55 bits per heavy atom. The van der Waals surface area contributed by atoms with Crippen LogP contribution in [0.4, 0.5) is 0 Å². The number of ether oxygens (including phenoxy) is 1. The lowest BCUT2D eigenvalue weighted by atomic mass is 9.96. The van der Waals surface area contributed by atoms with E-state index in [1.54, 1.807) is 19.2 Å². The van der Waals surface area contributed by atoms with Crippen molar-refractivity contribution < 1.29 is 4.74 Å². The maximum atomic E-state index is 6.33. The molecular weight excluding hydrogens is 293 g/mol. The number of rotatable bonds is 3. The van der Waals surface area contributed by atoms with Gasteiger partial charge in [-0.1, -0.05) is 52.5 Å². The Labute approximate surface area is 129 Å². The average molecular weight is 310 g/mol. The lowest BCUT2D eigenvalue weighted by molar-refractivity contribution is 0.415. The van der Waals surface area contributed by atoms with E-state index in [0.717, 1.165) is 11.1 Å². The number of hydrogen-bond donors (Lipinski definition) is 1. The van der Waals surface area contributed by atoms with Crippen molar-refractivity contribution in [2.75, 3.05) is 7.11 Å². The van der Waals surface area contributed by atoms with Gasteiger partial charge in [0.2, 0.25) is 0 Å². The highest BCUT2D eigenvalue weighted by atomic mass is 35.5. The number of halogens is 2. The molecule has 4 heteroatoms. The summed E-state index contributed by atoms with van der Waals surface area (Å²) in [6.45, 7) is 4.09. The SMILES string of the molecule is COc1cc(Cl)c(C(N)c2cc(C)cc(C)c2)cc1Cl. The first-order chi connectivity index (χ1) is 9.42. The molecule has 0 bridgehead atoms. The fraction of sp³-hybridized carbons (Fsp3) is 0.250. The molecule has 1 unspecified atom stereocenters. The van der Waals surface area contributed by atoms with Gasteiger partial charge in [0.1, 0.15) is 5.75 Å². The molecule has 20 heavy (non-hydrogen) atoms. The van der Waals surface area contributed by atoms with Crippen molar-refractivity contribution >= 4 is 23.2 Å². The third kappa shape index (κ3) is 3.09. The second-order valence-corrected chi connectivity index (χ2v) is 5.72. The van der Waals surface area contributed by atoms with Crippen LogP contribution in [-0.4, -0.2) is 7.11 Å². The Kier molecular flexibility index (Phi) is 4.59. The largest absolute Gasteiger partial charge is 0.495 e. The van der Waals surface area contributed by atoms with Crippen LogP contribution in [0.1, 0.15) is 28.3 Å². The summed E-state index contributed by atoms with van der Waals surface area (Å²) in [7, 11) is 1.56. The molecule has 0 saturated carbocycles. The molecule has 2 aromatic rings. The summed E-state index contributed by atoms with van der Waals surface area (Å²) in [4.78, 5) is 0. The van der Waals surface area contributed by atoms with E-state index < -0.39 is 0 Å². The first-order valence-corrected chi connectivity index (χ1v) is 7.04. The number of benzene rings is 2. The molecule has 0 fully saturated rings. The second-order valence-electron chi connectivity index (χ2n) is 4.91. The molecule has 0 saturated heterocycles. The van der Waals surface area contributed by atoms with Crippen LogP contribution in [0.3, 0.4) is 0 Å². The molecule has 2 rings (SSSR count). The van der Waals surface area contributed by atoms with Gasteiger partial charge in [0.15, 0.2) is 0 Å². The van der Waals surface area contributed by atoms with Gasteiger partial charge >= 0.3 is 0 Å². The minimum Gasteiger partial charge on any atom is -0.495 e. The van der Waals surface area contributed by atoms with Crippen molar-refractivity contribution in [1.29, 1.82) is 0 Å². The van der Waals surface area contributed by atoms with Crippen molar-refractivity contribution in [3.63, 3.8) is 0 Å². The van der Waals surface area contributed by atoms with E-state index in [0.29, 0.717) is 15.8 Å². The summed E-state index contributed by atoms with van der Waals surface area (Å²) in [5.41, 5.74) is 10.5. The van der Waals surface area contributed by atoms with Gasteiger partial charge in [0.05, 0.1) is 18.2 Å². The van der Waals surface area contributed by atoms with Gasteiger partial charge in [0.25, 0.3) is 0 Å². The molecule has 2 nitrogen and oxygen atoms in total. The normalized spacial score (nSPS) is 12.3. The van der Waals surface area contributed by atoms with Gasteiger partial charge < -0.3 is 10.5 Å². The zero-order valence-electron chi connectivity index (χ0n) is 11.7. The summed E-state index contributed by atoms with van der Waals surface area (Å²) in [6, 6.07) is 9.38. The van der Waals surface area contributed by atoms with Crippen molar-refractivity contribution in [3.05, 3.63) is 62.6 Å². The fourth-order valence-electron chi connectivity index (χ4n) is 2.31. The minimum atomic E-state index is -0.315. The number of aryl methyl sites for hydroxylation is 2. The highest BCUT2D eigenvalue weighted by molar-refractivity contribution is 6.34. The first kappa shape index (κ1) is 15.2. The first-order valence-electron chi connectivity index (χ1n) is 6.29. The van der Waals surface area contributed by atoms with Gasteiger partial charge in [-0.05, 0) is 31.0 Å². The van der Waals surface area contributed by atoms with Gasteiger partial charge in [-0.25, -0.2) is 0 Å². The van der Waals surface area contributed by atoms with E-state index in [9.17, 15) is 0 Å². The third-order valence-electron chi connectivity index (χ3n) is 3.21. The maximum absolute atomic E-state index is 6.33. The van der Waals surface area contributed by atoms with Crippen molar-refractivity contribution in [2.24, 2.45) is 5.73 Å². The zero-order valence-corrected chi connectivity index (χ0v) is 13.2. The molecular formula is C16H17Cl2NO. The standard InChI is InChI=1S/C16H17Cl2NO/c1-9-4-10(2)6-11(5-9)16(19)12-7-14(18)15(20-3)8-13(12)17/h4-8,16H,19H2,1-3H3. The molecule has 0 aliphatic heterocycles. The highest BCUT2D eigenvalue weighted by Gasteiger charge is 2.16. The predicted octanol–water partition coefficient (Wildman–Crippen LogP) is 4.67. The van der Waals surface area contributed by atoms with E-state index >= 15 is 0 Å². The number of methoxy groups -OCH3 is 1. The van der Waals surface area contributed by atoms with E-state index in [1.807, 2.05) is 13.8 Å². The summed E-state index contributed by atoms with van der Waals surface area (Å²) >= 11 is 12.4. The van der Waals surface area contributed by atoms with E-state index in [4.69, 9.17) is 33.7 Å². The highest BCUT2D eigenvalue weighted by Crippen LogP contribution is 2.35. The van der Waals surface area contributed by atoms with Crippen LogP contribution in [0.5, 0.6) is 5.75 Å². The molecule has 1 atom stereocenters. The Morgan fingerprint density at radius 1 is 0.950 bits per heavy atom. The topological polar surface area (TPSA) is 35.2 Å². The van der Waals surface area contributed by atoms with Crippen LogP contribution in [0.25, 0.3) is 0 Å². The zero-order chi connectivity index (χ0) is 14.9. The van der Waals surface area contributed by atoms with Gasteiger partial charge in [-0.15, -0.1) is 0 Å². The molecule has 0 spiro atoms. The Bertz CT molecular complexity index is 620. The quantitative estimate of drug-likeness (QED) is 0.894. The molecule has 0 amide bonds. The monoisotopic (exact) mass is 309 g/mol. The van der Waals surface area contributed by atoms with Crippen molar-refractivity contribution in [3.8, 4) is 5.75 Å². The van der Waals surface area contributed by atoms with Crippen LogP contribution in [0, 0.1) is 13.8 Å². The van der Waals surface area contributed by atoms with Crippen molar-refractivity contribution in [2.45, 2.75) is 19.9 Å². The summed E-state index contributed by atoms with van der Waals surface area (Å²) in [5, 5.41) is 1.06. The third-order valence-corrected chi connectivity index (χ3v) is 3.83. The van der Waals surface area contributed by atoms with Crippen molar-refractivity contribution in [1.82, 2.24) is 0 Å². The molecule has 0 heterocycles. The van der Waals surface area contributed by atoms with E-state index in [2.05, 4.69) is 18.2 Å². The molecule has 2 N–H and O–H groups in total. The molecule has 0 aliphatic rings. The van der Waals surface area contributed by atoms with E-state index in [-0.39, 0.29) is 6.04 Å². The minimum absolute atomic E-state index is 0.315. The maximum Gasteiger partial charge on any atom is 0.138 e. The lowest BCUT2D eigenvalue weighted by Gasteiger charge is -2.17. The Morgan fingerprint density at radius 3 is 2.10 bits per heavy atom. The molecule has 0 radical (unpaired) electrons. The van der Waals surface area contributed by atoms with Gasteiger partial charge in [0, 0.05) is 11.1 Å². The van der Waals surface area contributed by atoms with Crippen LogP contribution in [0.2, 0.25) is 10.0 Å². The summed E-state index contributed by atoms with van der Waals surface area (Å²) in [5.74, 6) is 0.549. The Balaban J connectivity index is 2.47. The van der Waals surface area contributed by atoms with Gasteiger partial charge in [-0.2, -0.15) is 0 Å². The van der Waals surface area contributed by atoms with Crippen LogP contribution < -0.4 is 10.5 Å². The van der Waals surface area contributed by atoms with E-state index in [1.165, 1.54) is 11.1 Å². The molecule has 106 valence electrons. The smallest absolute Gasteiger partial charge is 0.138 e. The summed E-state index contributed by atoms with van der Waals surface area (Å²) in [6.07, 6.45) is 0. The lowest BCUT2D eigenvalue weighted by Crippen LogP contribution is -2.13. The van der Waals surface area contributed by atoms with Crippen LogP contribution in [0.15, 0.2) is 30.3 Å². The molecule has 0 aliphatic carbocycles. The van der Waals surface area contributed by atoms with Crippen LogP contribution in [-0.2, 0) is 0 Å². The number of nitrogens with two attached hydrogens (primary N) is 1. The fourth-order valence-corrected chi connectivity index (χ4v) is 2.83. The average Bonchev–Trinajstić information content (AvgIpc) is 2.39. The molecule has 0 aromatic heterocycles. The summed E-state index contributed by atoms with van der Waals surface area (Å²) < 4.78 is 5.15. The Hall–Kier alpha value is -1.22. The predicted molar refractivity (Wildman–Crippen MR) is 85.0 cm³/mol. The number of hydrogen-bond acceptors (Lipinski definition) is 2. The second kappa shape index (κ2) is 6.04. The molecule has 2 aromatic carbocycles.